The van der Waals surface area contributed by atoms with Crippen molar-refractivity contribution in [2.24, 2.45) is 5.41 Å². The first-order valence-electron chi connectivity index (χ1n) is 12.3. The first-order chi connectivity index (χ1) is 16.2. The number of benzene rings is 1. The number of amides is 2. The Labute approximate surface area is 207 Å². The number of rotatable bonds is 10. The van der Waals surface area contributed by atoms with Gasteiger partial charge >= 0.3 is 0 Å². The van der Waals surface area contributed by atoms with Gasteiger partial charge in [-0.15, -0.1) is 11.6 Å². The minimum atomic E-state index is -0.711. The Morgan fingerprint density at radius 1 is 1.12 bits per heavy atom. The first-order valence-corrected chi connectivity index (χ1v) is 12.8. The number of carbonyl (C=O) groups excluding carboxylic acids is 2. The van der Waals surface area contributed by atoms with Gasteiger partial charge < -0.3 is 14.4 Å². The zero-order chi connectivity index (χ0) is 24.7. The van der Waals surface area contributed by atoms with E-state index >= 15 is 0 Å². The molecule has 186 valence electrons. The number of halogens is 2. The van der Waals surface area contributed by atoms with Gasteiger partial charge in [-0.1, -0.05) is 31.4 Å². The van der Waals surface area contributed by atoms with Crippen molar-refractivity contribution in [1.82, 2.24) is 14.4 Å². The molecule has 1 aromatic heterocycles. The lowest BCUT2D eigenvalue weighted by atomic mass is 9.93. The highest BCUT2D eigenvalue weighted by Gasteiger charge is 2.34. The zero-order valence-corrected chi connectivity index (χ0v) is 21.4. The summed E-state index contributed by atoms with van der Waals surface area (Å²) in [5.74, 6) is -0.165. The Morgan fingerprint density at radius 2 is 1.79 bits per heavy atom. The monoisotopic (exact) mass is 489 g/mol. The quantitative estimate of drug-likeness (QED) is 0.416. The first kappa shape index (κ1) is 26.3. The predicted octanol–water partition coefficient (Wildman–Crippen LogP) is 5.45. The highest BCUT2D eigenvalue weighted by molar-refractivity contribution is 6.19. The van der Waals surface area contributed by atoms with Crippen molar-refractivity contribution in [3.05, 3.63) is 59.7 Å². The van der Waals surface area contributed by atoms with Gasteiger partial charge in [-0.05, 0) is 63.4 Å². The van der Waals surface area contributed by atoms with Crippen LogP contribution in [0.25, 0.3) is 0 Å². The number of nitrogens with zero attached hydrogens (tertiary/aromatic N) is 3. The molecule has 5 nitrogen and oxygen atoms in total. The fourth-order valence-corrected chi connectivity index (χ4v) is 4.70. The van der Waals surface area contributed by atoms with Crippen LogP contribution < -0.4 is 0 Å². The Bertz CT molecular complexity index is 951. The third-order valence-corrected chi connectivity index (χ3v) is 7.43. The van der Waals surface area contributed by atoms with Crippen molar-refractivity contribution < 1.29 is 14.0 Å². The number of hydrogen-bond donors (Lipinski definition) is 0. The fourth-order valence-electron chi connectivity index (χ4n) is 4.59. The molecule has 7 heteroatoms. The molecule has 3 rings (SSSR count). The van der Waals surface area contributed by atoms with E-state index in [1.54, 1.807) is 17.0 Å². The molecule has 1 aromatic carbocycles. The van der Waals surface area contributed by atoms with Crippen LogP contribution in [-0.4, -0.2) is 51.2 Å². The maximum Gasteiger partial charge on any atom is 0.242 e. The van der Waals surface area contributed by atoms with E-state index in [0.29, 0.717) is 19.6 Å². The third-order valence-electron chi connectivity index (χ3n) is 6.77. The lowest BCUT2D eigenvalue weighted by molar-refractivity contribution is -0.146. The van der Waals surface area contributed by atoms with Crippen LogP contribution in [-0.2, 0) is 22.7 Å². The molecule has 0 unspecified atom stereocenters. The van der Waals surface area contributed by atoms with Gasteiger partial charge in [0.05, 0.1) is 18.5 Å². The standard InChI is InChI=1S/C27H37ClFN3O2/c1-4-30(26(34)27(2,3)20-28)19-25(33)32(23-9-6-5-7-10-23)18-24-11-8-16-31(24)17-21-12-14-22(29)15-13-21/h8,11-16,23H,4-7,9-10,17-20H2,1-3H3. The Kier molecular flexibility index (Phi) is 9.17. The predicted molar refractivity (Wildman–Crippen MR) is 134 cm³/mol. The lowest BCUT2D eigenvalue weighted by Crippen LogP contribution is -2.50. The summed E-state index contributed by atoms with van der Waals surface area (Å²) in [7, 11) is 0. The van der Waals surface area contributed by atoms with Gasteiger partial charge in [0.1, 0.15) is 5.82 Å². The highest BCUT2D eigenvalue weighted by atomic mass is 35.5. The van der Waals surface area contributed by atoms with Crippen LogP contribution in [0.5, 0.6) is 0 Å². The van der Waals surface area contributed by atoms with Crippen molar-refractivity contribution in [2.45, 2.75) is 72.0 Å². The molecule has 0 bridgehead atoms. The van der Waals surface area contributed by atoms with E-state index in [4.69, 9.17) is 11.6 Å². The molecule has 2 amide bonds. The Morgan fingerprint density at radius 3 is 2.41 bits per heavy atom. The largest absolute Gasteiger partial charge is 0.345 e. The van der Waals surface area contributed by atoms with Crippen molar-refractivity contribution in [3.63, 3.8) is 0 Å². The highest BCUT2D eigenvalue weighted by Crippen LogP contribution is 2.26. The molecular weight excluding hydrogens is 453 g/mol. The summed E-state index contributed by atoms with van der Waals surface area (Å²) in [6.45, 7) is 7.15. The second-order valence-electron chi connectivity index (χ2n) is 9.90. The van der Waals surface area contributed by atoms with Crippen molar-refractivity contribution in [1.29, 1.82) is 0 Å². The number of likely N-dealkylation sites (N-methyl/N-ethyl adjacent to an activating group) is 1. The molecule has 1 fully saturated rings. The fraction of sp³-hybridized carbons (Fsp3) is 0.556. The molecule has 1 saturated carbocycles. The minimum absolute atomic E-state index is 0.0259. The zero-order valence-electron chi connectivity index (χ0n) is 20.6. The summed E-state index contributed by atoms with van der Waals surface area (Å²) in [5, 5.41) is 0. The van der Waals surface area contributed by atoms with E-state index in [9.17, 15) is 14.0 Å². The van der Waals surface area contributed by atoms with Gasteiger partial charge in [-0.3, -0.25) is 9.59 Å². The van der Waals surface area contributed by atoms with Crippen LogP contribution >= 0.6 is 11.6 Å². The van der Waals surface area contributed by atoms with E-state index in [1.165, 1.54) is 18.6 Å². The summed E-state index contributed by atoms with van der Waals surface area (Å²) < 4.78 is 15.4. The molecule has 2 aromatic rings. The SMILES string of the molecule is CCN(CC(=O)N(Cc1cccn1Cc1ccc(F)cc1)C1CCCCC1)C(=O)C(C)(C)CCl. The average Bonchev–Trinajstić information content (AvgIpc) is 3.28. The van der Waals surface area contributed by atoms with Crippen molar-refractivity contribution >= 4 is 23.4 Å². The summed E-state index contributed by atoms with van der Waals surface area (Å²) in [6, 6.07) is 10.7. The van der Waals surface area contributed by atoms with Gasteiger partial charge in [0.15, 0.2) is 0 Å². The third kappa shape index (κ3) is 6.62. The molecule has 0 atom stereocenters. The molecule has 0 N–H and O–H groups in total. The topological polar surface area (TPSA) is 45.6 Å². The molecule has 0 radical (unpaired) electrons. The molecule has 0 saturated heterocycles. The van der Waals surface area contributed by atoms with Gasteiger partial charge in [-0.2, -0.15) is 0 Å². The van der Waals surface area contributed by atoms with E-state index < -0.39 is 5.41 Å². The van der Waals surface area contributed by atoms with Gasteiger partial charge in [0.25, 0.3) is 0 Å². The number of carbonyl (C=O) groups is 2. The Balaban J connectivity index is 1.79. The van der Waals surface area contributed by atoms with E-state index in [-0.39, 0.29) is 36.1 Å². The smallest absolute Gasteiger partial charge is 0.242 e. The molecule has 0 aliphatic heterocycles. The second-order valence-corrected chi connectivity index (χ2v) is 10.2. The van der Waals surface area contributed by atoms with E-state index in [1.807, 2.05) is 44.0 Å². The van der Waals surface area contributed by atoms with Crippen LogP contribution in [0.3, 0.4) is 0 Å². The summed E-state index contributed by atoms with van der Waals surface area (Å²) in [5.41, 5.74) is 1.32. The van der Waals surface area contributed by atoms with Crippen LogP contribution in [0.4, 0.5) is 4.39 Å². The van der Waals surface area contributed by atoms with Gasteiger partial charge in [0, 0.05) is 36.9 Å². The van der Waals surface area contributed by atoms with Gasteiger partial charge in [0.2, 0.25) is 11.8 Å². The molecule has 1 aliphatic rings. The molecule has 1 aliphatic carbocycles. The maximum absolute atomic E-state index is 13.6. The average molecular weight is 490 g/mol. The number of hydrogen-bond acceptors (Lipinski definition) is 2. The lowest BCUT2D eigenvalue weighted by Gasteiger charge is -2.37. The number of aromatic nitrogens is 1. The summed E-state index contributed by atoms with van der Waals surface area (Å²) in [6.07, 6.45) is 7.38. The van der Waals surface area contributed by atoms with Gasteiger partial charge in [-0.25, -0.2) is 4.39 Å². The number of alkyl halides is 1. The normalized spacial score (nSPS) is 14.7. The molecular formula is C27H37ClFN3O2. The summed E-state index contributed by atoms with van der Waals surface area (Å²) >= 11 is 6.03. The van der Waals surface area contributed by atoms with Crippen LogP contribution in [0.2, 0.25) is 0 Å². The molecule has 1 heterocycles. The molecule has 0 spiro atoms. The Hall–Kier alpha value is -2.34. The van der Waals surface area contributed by atoms with E-state index in [2.05, 4.69) is 4.57 Å². The minimum Gasteiger partial charge on any atom is -0.345 e. The van der Waals surface area contributed by atoms with Crippen LogP contribution in [0, 0.1) is 11.2 Å². The van der Waals surface area contributed by atoms with Crippen LogP contribution in [0.15, 0.2) is 42.6 Å². The van der Waals surface area contributed by atoms with E-state index in [0.717, 1.165) is 36.9 Å². The van der Waals surface area contributed by atoms with Crippen molar-refractivity contribution in [3.8, 4) is 0 Å². The van der Waals surface area contributed by atoms with Crippen LogP contribution in [0.1, 0.15) is 64.1 Å². The maximum atomic E-state index is 13.6. The summed E-state index contributed by atoms with van der Waals surface area (Å²) in [4.78, 5) is 30.2. The van der Waals surface area contributed by atoms with Crippen molar-refractivity contribution in [2.75, 3.05) is 19.0 Å². The second kappa shape index (κ2) is 11.9. The molecule has 34 heavy (non-hydrogen) atoms.